The van der Waals surface area contributed by atoms with Crippen LogP contribution in [0.1, 0.15) is 45.2 Å². The molecule has 0 radical (unpaired) electrons. The van der Waals surface area contributed by atoms with E-state index in [0.717, 1.165) is 12.1 Å². The Morgan fingerprint density at radius 3 is 2.25 bits per heavy atom. The first-order chi connectivity index (χ1) is 10.4. The quantitative estimate of drug-likeness (QED) is 0.802. The number of alkyl halides is 3. The lowest BCUT2D eigenvalue weighted by Crippen LogP contribution is -2.45. The van der Waals surface area contributed by atoms with E-state index >= 15 is 0 Å². The number of benzene rings is 1. The van der Waals surface area contributed by atoms with Gasteiger partial charge in [-0.3, -0.25) is 4.79 Å². The number of hydrogen-bond donors (Lipinski definition) is 2. The number of carbonyl (C=O) groups excluding carboxylic acids is 1. The Bertz CT molecular complexity index is 545. The standard InChI is InChI=1S/C17H25F3N2O.ClH/c1-11(2)8-14(21)15(23)22-10-16(3,4)12-6-5-7-13(9-12)17(18,19)20;/h5-7,9,11,14H,8,10,21H2,1-4H3,(H,22,23);1H/t14-;/m0./s1. The van der Waals surface area contributed by atoms with E-state index in [1.165, 1.54) is 6.07 Å². The summed E-state index contributed by atoms with van der Waals surface area (Å²) in [5.41, 5.74) is 5.01. The molecule has 138 valence electrons. The molecule has 3 N–H and O–H groups in total. The summed E-state index contributed by atoms with van der Waals surface area (Å²) in [6.45, 7) is 7.74. The highest BCUT2D eigenvalue weighted by Crippen LogP contribution is 2.32. The van der Waals surface area contributed by atoms with Gasteiger partial charge in [0.25, 0.3) is 0 Å². The van der Waals surface area contributed by atoms with Crippen molar-refractivity contribution in [2.75, 3.05) is 6.54 Å². The summed E-state index contributed by atoms with van der Waals surface area (Å²) in [5, 5.41) is 2.74. The summed E-state index contributed by atoms with van der Waals surface area (Å²) in [7, 11) is 0. The van der Waals surface area contributed by atoms with E-state index in [4.69, 9.17) is 5.73 Å². The van der Waals surface area contributed by atoms with Gasteiger partial charge in [-0.25, -0.2) is 0 Å². The van der Waals surface area contributed by atoms with E-state index in [0.29, 0.717) is 17.9 Å². The van der Waals surface area contributed by atoms with Crippen LogP contribution in [0.15, 0.2) is 24.3 Å². The van der Waals surface area contributed by atoms with Crippen molar-refractivity contribution in [2.45, 2.75) is 51.7 Å². The fraction of sp³-hybridized carbons (Fsp3) is 0.588. The van der Waals surface area contributed by atoms with E-state index in [9.17, 15) is 18.0 Å². The first kappa shape index (κ1) is 22.7. The van der Waals surface area contributed by atoms with Gasteiger partial charge in [0.05, 0.1) is 11.6 Å². The topological polar surface area (TPSA) is 55.1 Å². The molecule has 0 saturated carbocycles. The van der Waals surface area contributed by atoms with Crippen LogP contribution in [0, 0.1) is 5.92 Å². The second kappa shape index (κ2) is 8.72. The SMILES string of the molecule is CC(C)C[C@H](N)C(=O)NCC(C)(C)c1cccc(C(F)(F)F)c1.Cl. The average Bonchev–Trinajstić information content (AvgIpc) is 2.43. The summed E-state index contributed by atoms with van der Waals surface area (Å²) >= 11 is 0. The molecular formula is C17H26ClF3N2O. The average molecular weight is 367 g/mol. The maximum Gasteiger partial charge on any atom is 0.416 e. The summed E-state index contributed by atoms with van der Waals surface area (Å²) in [5.74, 6) is 0.0194. The van der Waals surface area contributed by atoms with Gasteiger partial charge in [-0.05, 0) is 24.0 Å². The van der Waals surface area contributed by atoms with Crippen LogP contribution in [0.4, 0.5) is 13.2 Å². The zero-order chi connectivity index (χ0) is 17.8. The van der Waals surface area contributed by atoms with E-state index in [2.05, 4.69) is 5.32 Å². The van der Waals surface area contributed by atoms with E-state index in [-0.39, 0.29) is 24.9 Å². The predicted molar refractivity (Wildman–Crippen MR) is 92.2 cm³/mol. The van der Waals surface area contributed by atoms with Crippen LogP contribution in [0.2, 0.25) is 0 Å². The van der Waals surface area contributed by atoms with E-state index < -0.39 is 23.2 Å². The zero-order valence-electron chi connectivity index (χ0n) is 14.4. The molecule has 1 aromatic rings. The van der Waals surface area contributed by atoms with E-state index in [1.807, 2.05) is 13.8 Å². The summed E-state index contributed by atoms with van der Waals surface area (Å²) in [4.78, 5) is 12.0. The molecule has 0 aliphatic carbocycles. The molecule has 0 aliphatic rings. The fourth-order valence-electron chi connectivity index (χ4n) is 2.27. The lowest BCUT2D eigenvalue weighted by Gasteiger charge is -2.27. The highest BCUT2D eigenvalue weighted by molar-refractivity contribution is 5.85. The van der Waals surface area contributed by atoms with Crippen LogP contribution in [0.25, 0.3) is 0 Å². The van der Waals surface area contributed by atoms with Crippen LogP contribution in [0.5, 0.6) is 0 Å². The van der Waals surface area contributed by atoms with Crippen LogP contribution >= 0.6 is 12.4 Å². The second-order valence-electron chi connectivity index (χ2n) is 6.92. The molecule has 1 amide bonds. The Kier molecular flexibility index (Phi) is 8.26. The number of nitrogens with two attached hydrogens (primary N) is 1. The first-order valence-electron chi connectivity index (χ1n) is 7.64. The normalized spacial score (nSPS) is 13.4. The Hall–Kier alpha value is -1.27. The zero-order valence-corrected chi connectivity index (χ0v) is 15.2. The molecule has 0 bridgehead atoms. The number of amides is 1. The maximum absolute atomic E-state index is 12.8. The summed E-state index contributed by atoms with van der Waals surface area (Å²) in [6.07, 6.45) is -3.81. The number of halogens is 4. The molecule has 0 unspecified atom stereocenters. The molecule has 0 saturated heterocycles. The molecular weight excluding hydrogens is 341 g/mol. The lowest BCUT2D eigenvalue weighted by atomic mass is 9.83. The third-order valence-corrected chi connectivity index (χ3v) is 3.74. The molecule has 0 aromatic heterocycles. The van der Waals surface area contributed by atoms with Crippen molar-refractivity contribution in [3.05, 3.63) is 35.4 Å². The van der Waals surface area contributed by atoms with Gasteiger partial charge in [0.1, 0.15) is 0 Å². The summed E-state index contributed by atoms with van der Waals surface area (Å²) in [6, 6.07) is 4.57. The summed E-state index contributed by atoms with van der Waals surface area (Å²) < 4.78 is 38.4. The fourth-order valence-corrected chi connectivity index (χ4v) is 2.27. The van der Waals surface area contributed by atoms with Crippen LogP contribution < -0.4 is 11.1 Å². The molecule has 7 heteroatoms. The van der Waals surface area contributed by atoms with Gasteiger partial charge >= 0.3 is 6.18 Å². The molecule has 3 nitrogen and oxygen atoms in total. The Balaban J connectivity index is 0.00000529. The molecule has 0 spiro atoms. The molecule has 1 atom stereocenters. The Morgan fingerprint density at radius 1 is 1.21 bits per heavy atom. The Labute approximate surface area is 147 Å². The van der Waals surface area contributed by atoms with Gasteiger partial charge in [-0.2, -0.15) is 13.2 Å². The highest BCUT2D eigenvalue weighted by Gasteiger charge is 2.32. The lowest BCUT2D eigenvalue weighted by molar-refractivity contribution is -0.137. The van der Waals surface area contributed by atoms with Crippen molar-refractivity contribution in [3.8, 4) is 0 Å². The van der Waals surface area contributed by atoms with Crippen LogP contribution in [-0.4, -0.2) is 18.5 Å². The number of hydrogen-bond acceptors (Lipinski definition) is 2. The van der Waals surface area contributed by atoms with E-state index in [1.54, 1.807) is 19.9 Å². The van der Waals surface area contributed by atoms with Gasteiger partial charge in [-0.1, -0.05) is 45.9 Å². The molecule has 24 heavy (non-hydrogen) atoms. The first-order valence-corrected chi connectivity index (χ1v) is 7.64. The Morgan fingerprint density at radius 2 is 1.75 bits per heavy atom. The third kappa shape index (κ3) is 6.69. The largest absolute Gasteiger partial charge is 0.416 e. The van der Waals surface area contributed by atoms with Crippen LogP contribution in [-0.2, 0) is 16.4 Å². The van der Waals surface area contributed by atoms with Gasteiger partial charge in [0.15, 0.2) is 0 Å². The smallest absolute Gasteiger partial charge is 0.354 e. The number of nitrogens with one attached hydrogen (secondary N) is 1. The minimum absolute atomic E-state index is 0. The van der Waals surface area contributed by atoms with Crippen molar-refractivity contribution >= 4 is 18.3 Å². The predicted octanol–water partition coefficient (Wildman–Crippen LogP) is 3.89. The van der Waals surface area contributed by atoms with Crippen molar-refractivity contribution in [2.24, 2.45) is 11.7 Å². The van der Waals surface area contributed by atoms with Crippen molar-refractivity contribution in [3.63, 3.8) is 0 Å². The minimum atomic E-state index is -4.38. The number of rotatable bonds is 6. The van der Waals surface area contributed by atoms with Crippen molar-refractivity contribution in [1.82, 2.24) is 5.32 Å². The van der Waals surface area contributed by atoms with Crippen LogP contribution in [0.3, 0.4) is 0 Å². The molecule has 1 rings (SSSR count). The van der Waals surface area contributed by atoms with Gasteiger partial charge in [-0.15, -0.1) is 12.4 Å². The van der Waals surface area contributed by atoms with Gasteiger partial charge < -0.3 is 11.1 Å². The molecule has 0 aliphatic heterocycles. The monoisotopic (exact) mass is 366 g/mol. The molecule has 0 fully saturated rings. The van der Waals surface area contributed by atoms with Crippen molar-refractivity contribution < 1.29 is 18.0 Å². The van der Waals surface area contributed by atoms with Gasteiger partial charge in [0.2, 0.25) is 5.91 Å². The molecule has 0 heterocycles. The highest BCUT2D eigenvalue weighted by atomic mass is 35.5. The van der Waals surface area contributed by atoms with Crippen molar-refractivity contribution in [1.29, 1.82) is 0 Å². The maximum atomic E-state index is 12.8. The second-order valence-corrected chi connectivity index (χ2v) is 6.92. The number of carbonyl (C=O) groups is 1. The molecule has 1 aromatic carbocycles. The minimum Gasteiger partial charge on any atom is -0.354 e. The third-order valence-electron chi connectivity index (χ3n) is 3.74. The van der Waals surface area contributed by atoms with Gasteiger partial charge in [0, 0.05) is 12.0 Å².